The topological polar surface area (TPSA) is 71.1 Å². The highest BCUT2D eigenvalue weighted by atomic mass is 79.9. The average Bonchev–Trinajstić information content (AvgIpc) is 2.67. The van der Waals surface area contributed by atoms with Crippen molar-refractivity contribution >= 4 is 27.9 Å². The molecule has 0 unspecified atom stereocenters. The first-order valence-corrected chi connectivity index (χ1v) is 9.60. The van der Waals surface area contributed by atoms with Crippen LogP contribution in [0.15, 0.2) is 46.9 Å². The summed E-state index contributed by atoms with van der Waals surface area (Å²) in [4.78, 5) is 24.2. The highest BCUT2D eigenvalue weighted by Gasteiger charge is 2.13. The van der Waals surface area contributed by atoms with Crippen molar-refractivity contribution in [2.75, 3.05) is 26.9 Å². The van der Waals surface area contributed by atoms with E-state index in [1.54, 1.807) is 30.3 Å². The van der Waals surface area contributed by atoms with Crippen molar-refractivity contribution in [2.24, 2.45) is 5.92 Å². The van der Waals surface area contributed by atoms with E-state index in [2.05, 4.69) is 29.8 Å². The number of hydrogen-bond acceptors (Lipinski definition) is 6. The quantitative estimate of drug-likeness (QED) is 0.318. The summed E-state index contributed by atoms with van der Waals surface area (Å²) in [5, 5.41) is 0. The molecule has 0 aliphatic heterocycles. The van der Waals surface area contributed by atoms with Gasteiger partial charge in [0, 0.05) is 7.11 Å². The number of hydrogen-bond donors (Lipinski definition) is 0. The summed E-state index contributed by atoms with van der Waals surface area (Å²) in [7, 11) is 1.53. The van der Waals surface area contributed by atoms with Crippen LogP contribution in [-0.2, 0) is 9.47 Å². The van der Waals surface area contributed by atoms with Crippen molar-refractivity contribution in [3.8, 4) is 11.5 Å². The van der Waals surface area contributed by atoms with Gasteiger partial charge in [0.25, 0.3) is 0 Å². The van der Waals surface area contributed by atoms with Gasteiger partial charge in [-0.25, -0.2) is 9.59 Å². The predicted octanol–water partition coefficient (Wildman–Crippen LogP) is 4.51. The van der Waals surface area contributed by atoms with Gasteiger partial charge in [-0.15, -0.1) is 0 Å². The molecular weight excluding hydrogens is 428 g/mol. The molecule has 28 heavy (non-hydrogen) atoms. The standard InChI is InChI=1S/C21H23BrO6/c1-14(2)13-27-19-9-6-16(12-18(19)22)21(24)28-17-7-4-15(5-8-17)20(23)26-11-10-25-3/h4-9,12,14H,10-11,13H2,1-3H3. The lowest BCUT2D eigenvalue weighted by Crippen LogP contribution is -2.11. The maximum Gasteiger partial charge on any atom is 0.343 e. The van der Waals surface area contributed by atoms with Gasteiger partial charge in [0.1, 0.15) is 18.1 Å². The van der Waals surface area contributed by atoms with Crippen LogP contribution in [0.5, 0.6) is 11.5 Å². The maximum absolute atomic E-state index is 12.3. The normalized spacial score (nSPS) is 10.6. The third-order valence-corrected chi connectivity index (χ3v) is 4.18. The summed E-state index contributed by atoms with van der Waals surface area (Å²) >= 11 is 3.41. The molecule has 2 rings (SSSR count). The number of rotatable bonds is 9. The zero-order chi connectivity index (χ0) is 20.5. The van der Waals surface area contributed by atoms with Crippen molar-refractivity contribution in [3.63, 3.8) is 0 Å². The lowest BCUT2D eigenvalue weighted by molar-refractivity contribution is 0.0388. The molecule has 0 aromatic heterocycles. The van der Waals surface area contributed by atoms with Crippen LogP contribution in [0.25, 0.3) is 0 Å². The molecule has 0 spiro atoms. The monoisotopic (exact) mass is 450 g/mol. The highest BCUT2D eigenvalue weighted by molar-refractivity contribution is 9.10. The summed E-state index contributed by atoms with van der Waals surface area (Å²) in [6, 6.07) is 11.2. The SMILES string of the molecule is COCCOC(=O)c1ccc(OC(=O)c2ccc(OCC(C)C)c(Br)c2)cc1. The van der Waals surface area contributed by atoms with Crippen molar-refractivity contribution in [3.05, 3.63) is 58.1 Å². The second kappa shape index (κ2) is 10.8. The van der Waals surface area contributed by atoms with Crippen molar-refractivity contribution in [1.82, 2.24) is 0 Å². The van der Waals surface area contributed by atoms with E-state index in [1.807, 2.05) is 0 Å². The minimum atomic E-state index is -0.508. The van der Waals surface area contributed by atoms with Crippen LogP contribution in [0, 0.1) is 5.92 Å². The Labute approximate surface area is 172 Å². The van der Waals surface area contributed by atoms with Gasteiger partial charge in [0.05, 0.1) is 28.8 Å². The van der Waals surface area contributed by atoms with Crippen LogP contribution in [0.4, 0.5) is 0 Å². The summed E-state index contributed by atoms with van der Waals surface area (Å²) in [6.07, 6.45) is 0. The summed E-state index contributed by atoms with van der Waals surface area (Å²) < 4.78 is 21.6. The smallest absolute Gasteiger partial charge is 0.343 e. The number of carbonyl (C=O) groups is 2. The lowest BCUT2D eigenvalue weighted by Gasteiger charge is -2.11. The van der Waals surface area contributed by atoms with E-state index in [9.17, 15) is 9.59 Å². The Kier molecular flexibility index (Phi) is 8.47. The van der Waals surface area contributed by atoms with E-state index in [0.717, 1.165) is 0 Å². The number of methoxy groups -OCH3 is 1. The van der Waals surface area contributed by atoms with Gasteiger partial charge in [-0.1, -0.05) is 13.8 Å². The first kappa shape index (κ1) is 21.9. The molecule has 0 saturated heterocycles. The van der Waals surface area contributed by atoms with E-state index in [1.165, 1.54) is 19.2 Å². The molecular formula is C21H23BrO6. The Bertz CT molecular complexity index is 801. The molecule has 0 heterocycles. The molecule has 2 aromatic carbocycles. The number of ether oxygens (including phenoxy) is 4. The Morgan fingerprint density at radius 3 is 2.25 bits per heavy atom. The van der Waals surface area contributed by atoms with Gasteiger partial charge < -0.3 is 18.9 Å². The third-order valence-electron chi connectivity index (χ3n) is 3.56. The molecule has 6 nitrogen and oxygen atoms in total. The zero-order valence-corrected chi connectivity index (χ0v) is 17.7. The number of benzene rings is 2. The average molecular weight is 451 g/mol. The highest BCUT2D eigenvalue weighted by Crippen LogP contribution is 2.27. The van der Waals surface area contributed by atoms with Crippen LogP contribution in [0.2, 0.25) is 0 Å². The maximum atomic E-state index is 12.3. The van der Waals surface area contributed by atoms with E-state index >= 15 is 0 Å². The van der Waals surface area contributed by atoms with E-state index in [0.29, 0.717) is 46.2 Å². The summed E-state index contributed by atoms with van der Waals surface area (Å²) in [5.74, 6) is 0.426. The van der Waals surface area contributed by atoms with Gasteiger partial charge >= 0.3 is 11.9 Å². The molecule has 0 atom stereocenters. The van der Waals surface area contributed by atoms with E-state index in [-0.39, 0.29) is 6.61 Å². The molecule has 0 aliphatic carbocycles. The first-order chi connectivity index (χ1) is 13.4. The Morgan fingerprint density at radius 2 is 1.64 bits per heavy atom. The number of esters is 2. The molecule has 0 amide bonds. The first-order valence-electron chi connectivity index (χ1n) is 8.81. The molecule has 0 bridgehead atoms. The van der Waals surface area contributed by atoms with E-state index in [4.69, 9.17) is 18.9 Å². The zero-order valence-electron chi connectivity index (χ0n) is 16.1. The van der Waals surface area contributed by atoms with Crippen LogP contribution in [0.3, 0.4) is 0 Å². The van der Waals surface area contributed by atoms with Gasteiger partial charge in [0.15, 0.2) is 0 Å². The largest absolute Gasteiger partial charge is 0.492 e. The van der Waals surface area contributed by atoms with Gasteiger partial charge in [-0.05, 0) is 64.3 Å². The minimum Gasteiger partial charge on any atom is -0.492 e. The predicted molar refractivity (Wildman–Crippen MR) is 108 cm³/mol. The summed E-state index contributed by atoms with van der Waals surface area (Å²) in [5.41, 5.74) is 0.747. The van der Waals surface area contributed by atoms with Gasteiger partial charge in [-0.2, -0.15) is 0 Å². The molecule has 0 aliphatic rings. The summed E-state index contributed by atoms with van der Waals surface area (Å²) in [6.45, 7) is 5.22. The fourth-order valence-electron chi connectivity index (χ4n) is 2.13. The molecule has 0 saturated carbocycles. The lowest BCUT2D eigenvalue weighted by atomic mass is 10.2. The number of halogens is 1. The second-order valence-electron chi connectivity index (χ2n) is 6.39. The second-order valence-corrected chi connectivity index (χ2v) is 7.25. The van der Waals surface area contributed by atoms with Crippen molar-refractivity contribution < 1.29 is 28.5 Å². The third kappa shape index (κ3) is 6.65. The fourth-order valence-corrected chi connectivity index (χ4v) is 2.62. The van der Waals surface area contributed by atoms with Crippen LogP contribution >= 0.6 is 15.9 Å². The van der Waals surface area contributed by atoms with Crippen LogP contribution in [0.1, 0.15) is 34.6 Å². The molecule has 2 aromatic rings. The molecule has 0 radical (unpaired) electrons. The Balaban J connectivity index is 1.97. The van der Waals surface area contributed by atoms with Crippen LogP contribution < -0.4 is 9.47 Å². The minimum absolute atomic E-state index is 0.178. The Morgan fingerprint density at radius 1 is 0.964 bits per heavy atom. The molecule has 150 valence electrons. The van der Waals surface area contributed by atoms with Gasteiger partial charge in [-0.3, -0.25) is 0 Å². The molecule has 7 heteroatoms. The Hall–Kier alpha value is -2.38. The van der Waals surface area contributed by atoms with Gasteiger partial charge in [0.2, 0.25) is 0 Å². The number of carbonyl (C=O) groups excluding carboxylic acids is 2. The van der Waals surface area contributed by atoms with E-state index < -0.39 is 11.9 Å². The van der Waals surface area contributed by atoms with Crippen molar-refractivity contribution in [1.29, 1.82) is 0 Å². The fraction of sp³-hybridized carbons (Fsp3) is 0.333. The molecule has 0 fully saturated rings. The van der Waals surface area contributed by atoms with Crippen molar-refractivity contribution in [2.45, 2.75) is 13.8 Å². The molecule has 0 N–H and O–H groups in total. The van der Waals surface area contributed by atoms with Crippen LogP contribution in [-0.4, -0.2) is 38.9 Å².